The number of ether oxygens (including phenoxy) is 1. The van der Waals surface area contributed by atoms with Crippen LogP contribution in [0.3, 0.4) is 0 Å². The molecule has 0 aliphatic carbocycles. The van der Waals surface area contributed by atoms with Crippen LogP contribution < -0.4 is 15.6 Å². The number of carbonyl (C=O) groups excluding carboxylic acids is 1. The predicted octanol–water partition coefficient (Wildman–Crippen LogP) is 2.78. The zero-order chi connectivity index (χ0) is 21.8. The summed E-state index contributed by atoms with van der Waals surface area (Å²) in [5, 5.41) is 15.6. The lowest BCUT2D eigenvalue weighted by Crippen LogP contribution is -2.16. The molecule has 2 aromatic heterocycles. The number of nitrogens with zero attached hydrogens (tertiary/aromatic N) is 4. The highest BCUT2D eigenvalue weighted by atomic mass is 32.2. The number of H-pyrrole nitrogens is 1. The summed E-state index contributed by atoms with van der Waals surface area (Å²) in [5.74, 6) is 0.831. The number of hydrogen-bond acceptors (Lipinski definition) is 7. The van der Waals surface area contributed by atoms with E-state index < -0.39 is 0 Å². The highest BCUT2D eigenvalue weighted by Crippen LogP contribution is 2.20. The van der Waals surface area contributed by atoms with Crippen molar-refractivity contribution in [2.24, 2.45) is 0 Å². The molecule has 10 heteroatoms. The number of aromatic amines is 1. The Hall–Kier alpha value is -3.66. The summed E-state index contributed by atoms with van der Waals surface area (Å²) in [6.07, 6.45) is 0.942. The maximum absolute atomic E-state index is 12.4. The molecule has 2 aromatic carbocycles. The molecule has 0 unspecified atom stereocenters. The molecule has 0 aliphatic rings. The molecule has 9 nitrogen and oxygen atoms in total. The maximum Gasteiger partial charge on any atom is 0.279 e. The van der Waals surface area contributed by atoms with Gasteiger partial charge in [-0.1, -0.05) is 30.8 Å². The van der Waals surface area contributed by atoms with Gasteiger partial charge in [0, 0.05) is 11.3 Å². The number of rotatable bonds is 7. The van der Waals surface area contributed by atoms with Crippen LogP contribution in [0.15, 0.2) is 58.5 Å². The molecule has 2 heterocycles. The van der Waals surface area contributed by atoms with Crippen LogP contribution in [0, 0.1) is 0 Å². The molecule has 0 saturated carbocycles. The maximum atomic E-state index is 12.4. The Morgan fingerprint density at radius 1 is 1.13 bits per heavy atom. The second kappa shape index (κ2) is 9.00. The van der Waals surface area contributed by atoms with Crippen molar-refractivity contribution in [1.29, 1.82) is 0 Å². The average Bonchev–Trinajstić information content (AvgIpc) is 3.19. The summed E-state index contributed by atoms with van der Waals surface area (Å²) < 4.78 is 6.57. The number of benzene rings is 2. The summed E-state index contributed by atoms with van der Waals surface area (Å²) in [6.45, 7) is 2.08. The van der Waals surface area contributed by atoms with Crippen molar-refractivity contribution < 1.29 is 9.53 Å². The van der Waals surface area contributed by atoms with Gasteiger partial charge in [0.25, 0.3) is 11.3 Å². The molecular formula is C21H20N6O3S. The van der Waals surface area contributed by atoms with Crippen molar-refractivity contribution in [3.63, 3.8) is 0 Å². The summed E-state index contributed by atoms with van der Waals surface area (Å²) in [5.41, 5.74) is 2.40. The van der Waals surface area contributed by atoms with Gasteiger partial charge in [-0.15, -0.1) is 10.2 Å². The third-order valence-corrected chi connectivity index (χ3v) is 5.51. The Balaban J connectivity index is 1.51. The first-order chi connectivity index (χ1) is 15.1. The van der Waals surface area contributed by atoms with Gasteiger partial charge in [0.05, 0.1) is 12.9 Å². The highest BCUT2D eigenvalue weighted by Gasteiger charge is 2.15. The fraction of sp³-hybridized carbons (Fsp3) is 0.190. The molecule has 158 valence electrons. The molecule has 1 amide bonds. The Morgan fingerprint density at radius 3 is 2.55 bits per heavy atom. The van der Waals surface area contributed by atoms with Crippen LogP contribution in [-0.2, 0) is 11.2 Å². The van der Waals surface area contributed by atoms with Crippen molar-refractivity contribution in [2.75, 3.05) is 18.2 Å². The Labute approximate surface area is 181 Å². The van der Waals surface area contributed by atoms with Crippen LogP contribution in [0.2, 0.25) is 0 Å². The van der Waals surface area contributed by atoms with E-state index in [-0.39, 0.29) is 28.7 Å². The lowest BCUT2D eigenvalue weighted by Gasteiger charge is -2.06. The summed E-state index contributed by atoms with van der Waals surface area (Å²) >= 11 is 1.18. The van der Waals surface area contributed by atoms with Crippen molar-refractivity contribution in [3.05, 3.63) is 64.4 Å². The quantitative estimate of drug-likeness (QED) is 0.428. The zero-order valence-corrected chi connectivity index (χ0v) is 17.8. The lowest BCUT2D eigenvalue weighted by atomic mass is 10.1. The number of anilines is 1. The minimum absolute atomic E-state index is 0.120. The first kappa shape index (κ1) is 20.6. The van der Waals surface area contributed by atoms with Gasteiger partial charge < -0.3 is 10.1 Å². The van der Waals surface area contributed by atoms with Gasteiger partial charge in [-0.3, -0.25) is 14.6 Å². The van der Waals surface area contributed by atoms with E-state index in [9.17, 15) is 9.59 Å². The fourth-order valence-electron chi connectivity index (χ4n) is 2.92. The summed E-state index contributed by atoms with van der Waals surface area (Å²) in [6, 6.07) is 14.7. The zero-order valence-electron chi connectivity index (χ0n) is 17.0. The first-order valence-corrected chi connectivity index (χ1v) is 10.6. The second-order valence-corrected chi connectivity index (χ2v) is 7.58. The van der Waals surface area contributed by atoms with Crippen LogP contribution >= 0.6 is 11.8 Å². The summed E-state index contributed by atoms with van der Waals surface area (Å²) in [4.78, 5) is 27.4. The molecule has 4 rings (SSSR count). The molecule has 0 saturated heterocycles. The van der Waals surface area contributed by atoms with Crippen LogP contribution in [0.1, 0.15) is 12.5 Å². The molecule has 31 heavy (non-hydrogen) atoms. The highest BCUT2D eigenvalue weighted by molar-refractivity contribution is 7.99. The van der Waals surface area contributed by atoms with Crippen molar-refractivity contribution in [2.45, 2.75) is 18.5 Å². The molecule has 4 aromatic rings. The van der Waals surface area contributed by atoms with Crippen LogP contribution in [-0.4, -0.2) is 43.6 Å². The van der Waals surface area contributed by atoms with Gasteiger partial charge in [-0.25, -0.2) is 0 Å². The van der Waals surface area contributed by atoms with E-state index in [2.05, 4.69) is 32.5 Å². The van der Waals surface area contributed by atoms with Crippen molar-refractivity contribution in [3.8, 4) is 17.0 Å². The van der Waals surface area contributed by atoms with Crippen molar-refractivity contribution in [1.82, 2.24) is 24.8 Å². The van der Waals surface area contributed by atoms with Gasteiger partial charge in [0.1, 0.15) is 5.75 Å². The topological polar surface area (TPSA) is 114 Å². The summed E-state index contributed by atoms with van der Waals surface area (Å²) in [7, 11) is 1.57. The van der Waals surface area contributed by atoms with Crippen molar-refractivity contribution >= 4 is 29.1 Å². The standard InChI is InChI=1S/C21H20N6O3S/c1-3-13-4-8-15(9-5-13)22-17(28)12-31-21-25-24-20-23-19(29)18(26-27(20)21)14-6-10-16(30-2)11-7-14/h4-11H,3,12H2,1-2H3,(H,22,28)(H,23,24,29). The van der Waals surface area contributed by atoms with E-state index in [1.807, 2.05) is 24.3 Å². The minimum atomic E-state index is -0.380. The number of nitrogens with one attached hydrogen (secondary N) is 2. The number of fused-ring (bicyclic) bond motifs is 1. The molecule has 0 aliphatic heterocycles. The third-order valence-electron chi connectivity index (χ3n) is 4.59. The number of carbonyl (C=O) groups is 1. The van der Waals surface area contributed by atoms with Gasteiger partial charge in [0.15, 0.2) is 5.69 Å². The number of hydrogen-bond donors (Lipinski definition) is 2. The minimum Gasteiger partial charge on any atom is -0.497 e. The molecule has 0 spiro atoms. The van der Waals surface area contributed by atoms with E-state index in [1.165, 1.54) is 21.8 Å². The van der Waals surface area contributed by atoms with E-state index in [0.717, 1.165) is 12.1 Å². The normalized spacial score (nSPS) is 10.9. The SMILES string of the molecule is CCc1ccc(NC(=O)CSc2nnc3[nH]c(=O)c(-c4ccc(OC)cc4)nn23)cc1. The van der Waals surface area contributed by atoms with E-state index in [1.54, 1.807) is 31.4 Å². The Bertz CT molecular complexity index is 1270. The molecule has 0 fully saturated rings. The largest absolute Gasteiger partial charge is 0.497 e. The third kappa shape index (κ3) is 4.58. The van der Waals surface area contributed by atoms with Gasteiger partial charge in [0.2, 0.25) is 11.1 Å². The second-order valence-electron chi connectivity index (χ2n) is 6.64. The molecule has 0 radical (unpaired) electrons. The van der Waals surface area contributed by atoms with E-state index >= 15 is 0 Å². The van der Waals surface area contributed by atoms with Gasteiger partial charge in [-0.2, -0.15) is 9.61 Å². The average molecular weight is 436 g/mol. The Kier molecular flexibility index (Phi) is 5.99. The van der Waals surface area contributed by atoms with Crippen LogP contribution in [0.4, 0.5) is 5.69 Å². The number of aromatic nitrogens is 5. The predicted molar refractivity (Wildman–Crippen MR) is 119 cm³/mol. The molecular weight excluding hydrogens is 416 g/mol. The lowest BCUT2D eigenvalue weighted by molar-refractivity contribution is -0.113. The van der Waals surface area contributed by atoms with E-state index in [4.69, 9.17) is 4.74 Å². The first-order valence-electron chi connectivity index (χ1n) is 9.59. The van der Waals surface area contributed by atoms with Crippen LogP contribution in [0.25, 0.3) is 17.0 Å². The van der Waals surface area contributed by atoms with Gasteiger partial charge >= 0.3 is 0 Å². The number of aryl methyl sites for hydroxylation is 1. The number of amides is 1. The van der Waals surface area contributed by atoms with E-state index in [0.29, 0.717) is 16.5 Å². The molecule has 0 bridgehead atoms. The van der Waals surface area contributed by atoms with Crippen LogP contribution in [0.5, 0.6) is 5.75 Å². The number of methoxy groups -OCH3 is 1. The molecule has 2 N–H and O–H groups in total. The monoisotopic (exact) mass is 436 g/mol. The Morgan fingerprint density at radius 2 is 1.87 bits per heavy atom. The van der Waals surface area contributed by atoms with Gasteiger partial charge in [-0.05, 0) is 48.4 Å². The molecule has 0 atom stereocenters. The smallest absolute Gasteiger partial charge is 0.279 e. The number of thioether (sulfide) groups is 1. The fourth-order valence-corrected chi connectivity index (χ4v) is 3.60.